The van der Waals surface area contributed by atoms with Gasteiger partial charge < -0.3 is 20.1 Å². The van der Waals surface area contributed by atoms with Gasteiger partial charge in [-0.2, -0.15) is 0 Å². The van der Waals surface area contributed by atoms with Gasteiger partial charge in [0.1, 0.15) is 19.0 Å². The van der Waals surface area contributed by atoms with Crippen molar-refractivity contribution in [2.75, 3.05) is 26.8 Å². The van der Waals surface area contributed by atoms with Gasteiger partial charge in [0.25, 0.3) is 0 Å². The van der Waals surface area contributed by atoms with Crippen molar-refractivity contribution in [2.24, 2.45) is 0 Å². The lowest BCUT2D eigenvalue weighted by atomic mass is 10.0. The van der Waals surface area contributed by atoms with Crippen molar-refractivity contribution in [3.8, 4) is 5.75 Å². The number of rotatable bonds is 9. The number of carbonyl (C=O) groups is 1. The molecule has 0 saturated carbocycles. The van der Waals surface area contributed by atoms with Crippen LogP contribution in [-0.2, 0) is 16.1 Å². The normalized spacial score (nSPS) is 18.8. The predicted octanol–water partition coefficient (Wildman–Crippen LogP) is 2.81. The SMILES string of the molecule is CNCCOc1ccc(CNC(=O)COC2/C=C\CCCCC2)cc1. The lowest BCUT2D eigenvalue weighted by Crippen LogP contribution is -2.29. The van der Waals surface area contributed by atoms with Gasteiger partial charge in [-0.1, -0.05) is 37.1 Å². The van der Waals surface area contributed by atoms with Crippen LogP contribution in [0.2, 0.25) is 0 Å². The van der Waals surface area contributed by atoms with Crippen molar-refractivity contribution in [3.05, 3.63) is 42.0 Å². The molecular formula is C20H30N2O3. The number of carbonyl (C=O) groups excluding carboxylic acids is 1. The molecular weight excluding hydrogens is 316 g/mol. The molecule has 1 aliphatic carbocycles. The number of ether oxygens (including phenoxy) is 2. The molecule has 0 saturated heterocycles. The van der Waals surface area contributed by atoms with Crippen LogP contribution in [0.4, 0.5) is 0 Å². The van der Waals surface area contributed by atoms with Crippen LogP contribution in [0.1, 0.15) is 37.7 Å². The first-order valence-corrected chi connectivity index (χ1v) is 9.19. The van der Waals surface area contributed by atoms with Gasteiger partial charge in [0.2, 0.25) is 5.91 Å². The summed E-state index contributed by atoms with van der Waals surface area (Å²) in [7, 11) is 1.90. The molecule has 0 spiro atoms. The zero-order valence-electron chi connectivity index (χ0n) is 15.1. The van der Waals surface area contributed by atoms with Crippen LogP contribution < -0.4 is 15.4 Å². The highest BCUT2D eigenvalue weighted by molar-refractivity contribution is 5.77. The first-order valence-electron chi connectivity index (χ1n) is 9.19. The number of amides is 1. The summed E-state index contributed by atoms with van der Waals surface area (Å²) in [6.07, 6.45) is 10.1. The van der Waals surface area contributed by atoms with Gasteiger partial charge in [-0.25, -0.2) is 0 Å². The van der Waals surface area contributed by atoms with Crippen molar-refractivity contribution < 1.29 is 14.3 Å². The Morgan fingerprint density at radius 1 is 1.20 bits per heavy atom. The Labute approximate surface area is 150 Å². The molecule has 5 nitrogen and oxygen atoms in total. The first-order chi connectivity index (χ1) is 12.3. The zero-order valence-corrected chi connectivity index (χ0v) is 15.1. The fraction of sp³-hybridized carbons (Fsp3) is 0.550. The van der Waals surface area contributed by atoms with E-state index in [1.807, 2.05) is 31.3 Å². The van der Waals surface area contributed by atoms with Crippen LogP contribution in [0.5, 0.6) is 5.75 Å². The summed E-state index contributed by atoms with van der Waals surface area (Å²) in [5.41, 5.74) is 1.04. The summed E-state index contributed by atoms with van der Waals surface area (Å²) in [5, 5.41) is 5.94. The van der Waals surface area contributed by atoms with E-state index in [-0.39, 0.29) is 18.6 Å². The van der Waals surface area contributed by atoms with Crippen LogP contribution in [-0.4, -0.2) is 38.8 Å². The standard InChI is InChI=1S/C20H30N2O3/c1-21-13-14-24-19-11-9-17(10-12-19)15-22-20(23)16-25-18-7-5-3-2-4-6-8-18/h5,7,9-12,18,21H,2-4,6,8,13-16H2,1H3,(H,22,23)/b7-5-. The summed E-state index contributed by atoms with van der Waals surface area (Å²) >= 11 is 0. The molecule has 138 valence electrons. The number of likely N-dealkylation sites (N-methyl/N-ethyl adjacent to an activating group) is 1. The van der Waals surface area contributed by atoms with Gasteiger partial charge in [-0.15, -0.1) is 0 Å². The maximum atomic E-state index is 12.0. The highest BCUT2D eigenvalue weighted by atomic mass is 16.5. The number of hydrogen-bond donors (Lipinski definition) is 2. The van der Waals surface area contributed by atoms with E-state index in [2.05, 4.69) is 22.8 Å². The van der Waals surface area contributed by atoms with Crippen molar-refractivity contribution in [1.29, 1.82) is 0 Å². The Bertz CT molecular complexity index is 528. The third kappa shape index (κ3) is 8.18. The Morgan fingerprint density at radius 3 is 2.84 bits per heavy atom. The third-order valence-electron chi connectivity index (χ3n) is 4.17. The molecule has 5 heteroatoms. The molecule has 1 aromatic carbocycles. The second-order valence-electron chi connectivity index (χ2n) is 6.29. The van der Waals surface area contributed by atoms with Crippen molar-refractivity contribution in [2.45, 2.75) is 44.8 Å². The van der Waals surface area contributed by atoms with E-state index in [9.17, 15) is 4.79 Å². The Kier molecular flexibility index (Phi) is 9.08. The molecule has 0 radical (unpaired) electrons. The molecule has 1 atom stereocenters. The molecule has 0 bridgehead atoms. The van der Waals surface area contributed by atoms with Crippen LogP contribution in [0, 0.1) is 0 Å². The summed E-state index contributed by atoms with van der Waals surface area (Å²) in [6.45, 7) is 2.06. The van der Waals surface area contributed by atoms with E-state index >= 15 is 0 Å². The number of benzene rings is 1. The van der Waals surface area contributed by atoms with Crippen LogP contribution in [0.3, 0.4) is 0 Å². The maximum absolute atomic E-state index is 12.0. The van der Waals surface area contributed by atoms with Gasteiger partial charge >= 0.3 is 0 Å². The molecule has 1 aliphatic rings. The summed E-state index contributed by atoms with van der Waals surface area (Å²) in [5.74, 6) is 0.759. The van der Waals surface area contributed by atoms with Crippen molar-refractivity contribution in [3.63, 3.8) is 0 Å². The molecule has 1 aromatic rings. The van der Waals surface area contributed by atoms with Crippen LogP contribution >= 0.6 is 0 Å². The largest absolute Gasteiger partial charge is 0.492 e. The maximum Gasteiger partial charge on any atom is 0.246 e. The Hall–Kier alpha value is -1.85. The van der Waals surface area contributed by atoms with E-state index < -0.39 is 0 Å². The summed E-state index contributed by atoms with van der Waals surface area (Å²) in [6, 6.07) is 7.78. The number of allylic oxidation sites excluding steroid dienone is 1. The number of nitrogens with one attached hydrogen (secondary N) is 2. The quantitative estimate of drug-likeness (QED) is 0.533. The van der Waals surface area contributed by atoms with Crippen molar-refractivity contribution >= 4 is 5.91 Å². The molecule has 1 amide bonds. The van der Waals surface area contributed by atoms with Crippen LogP contribution in [0.25, 0.3) is 0 Å². The second-order valence-corrected chi connectivity index (χ2v) is 6.29. The fourth-order valence-electron chi connectivity index (χ4n) is 2.68. The molecule has 25 heavy (non-hydrogen) atoms. The monoisotopic (exact) mass is 346 g/mol. The topological polar surface area (TPSA) is 59.6 Å². The molecule has 0 fully saturated rings. The van der Waals surface area contributed by atoms with E-state index in [0.29, 0.717) is 13.2 Å². The Morgan fingerprint density at radius 2 is 2.04 bits per heavy atom. The zero-order chi connectivity index (χ0) is 17.7. The van der Waals surface area contributed by atoms with Gasteiger partial charge in [-0.05, 0) is 44.0 Å². The lowest BCUT2D eigenvalue weighted by Gasteiger charge is -2.16. The molecule has 0 heterocycles. The average molecular weight is 346 g/mol. The minimum atomic E-state index is -0.0789. The number of hydrogen-bond acceptors (Lipinski definition) is 4. The average Bonchev–Trinajstić information content (AvgIpc) is 2.60. The second kappa shape index (κ2) is 11.7. The highest BCUT2D eigenvalue weighted by Gasteiger charge is 2.10. The third-order valence-corrected chi connectivity index (χ3v) is 4.17. The smallest absolute Gasteiger partial charge is 0.246 e. The van der Waals surface area contributed by atoms with Crippen LogP contribution in [0.15, 0.2) is 36.4 Å². The van der Waals surface area contributed by atoms with Gasteiger partial charge in [-0.3, -0.25) is 4.79 Å². The Balaban J connectivity index is 1.66. The van der Waals surface area contributed by atoms with E-state index in [4.69, 9.17) is 9.47 Å². The molecule has 2 N–H and O–H groups in total. The summed E-state index contributed by atoms with van der Waals surface area (Å²) in [4.78, 5) is 12.0. The first kappa shape index (κ1) is 19.5. The van der Waals surface area contributed by atoms with Gasteiger partial charge in [0, 0.05) is 13.1 Å². The van der Waals surface area contributed by atoms with E-state index in [1.165, 1.54) is 19.3 Å². The summed E-state index contributed by atoms with van der Waals surface area (Å²) < 4.78 is 11.3. The molecule has 1 unspecified atom stereocenters. The molecule has 2 rings (SSSR count). The minimum Gasteiger partial charge on any atom is -0.492 e. The molecule has 0 aliphatic heterocycles. The van der Waals surface area contributed by atoms with Gasteiger partial charge in [0.15, 0.2) is 0 Å². The van der Waals surface area contributed by atoms with Gasteiger partial charge in [0.05, 0.1) is 6.10 Å². The predicted molar refractivity (Wildman–Crippen MR) is 99.7 cm³/mol. The van der Waals surface area contributed by atoms with E-state index in [1.54, 1.807) is 0 Å². The molecule has 0 aromatic heterocycles. The fourth-order valence-corrected chi connectivity index (χ4v) is 2.68. The minimum absolute atomic E-state index is 0.0695. The van der Waals surface area contributed by atoms with E-state index in [0.717, 1.165) is 30.7 Å². The lowest BCUT2D eigenvalue weighted by molar-refractivity contribution is -0.127. The highest BCUT2D eigenvalue weighted by Crippen LogP contribution is 2.14. The van der Waals surface area contributed by atoms with Crippen molar-refractivity contribution in [1.82, 2.24) is 10.6 Å².